The minimum atomic E-state index is -3.63. The molecule has 0 spiro atoms. The number of carboxylic acid groups (broad SMARTS) is 1. The normalized spacial score (nSPS) is 21.3. The van der Waals surface area contributed by atoms with Crippen molar-refractivity contribution >= 4 is 32.5 Å². The highest BCUT2D eigenvalue weighted by Crippen LogP contribution is 2.37. The molecule has 1 aromatic heterocycles. The fourth-order valence-corrected chi connectivity index (χ4v) is 6.06. The molecule has 0 aliphatic carbocycles. The average Bonchev–Trinajstić information content (AvgIpc) is 3.22. The summed E-state index contributed by atoms with van der Waals surface area (Å²) in [5, 5.41) is 10.1. The number of hydrogen-bond donors (Lipinski definition) is 1. The van der Waals surface area contributed by atoms with Crippen LogP contribution in [-0.2, 0) is 9.84 Å². The number of sulfone groups is 1. The molecular weight excluding hydrogens is 414 g/mol. The van der Waals surface area contributed by atoms with E-state index >= 15 is 0 Å². The van der Waals surface area contributed by atoms with Crippen LogP contribution in [0.4, 0.5) is 10.5 Å². The zero-order valence-corrected chi connectivity index (χ0v) is 17.7. The summed E-state index contributed by atoms with van der Waals surface area (Å²) in [5.41, 5.74) is 1.74. The Morgan fingerprint density at radius 3 is 2.52 bits per heavy atom. The highest BCUT2D eigenvalue weighted by Gasteiger charge is 2.38. The van der Waals surface area contributed by atoms with E-state index in [0.29, 0.717) is 24.9 Å². The molecule has 2 atom stereocenters. The SMILES string of the molecule is O=C(O)N1CCC2CN(c3cccc4cc(S(=O)(=O)c5ccccc5)cnc34)CC2C1. The molecule has 2 unspecified atom stereocenters. The number of nitrogens with zero attached hydrogens (tertiary/aromatic N) is 3. The van der Waals surface area contributed by atoms with Gasteiger partial charge in [-0.25, -0.2) is 13.2 Å². The first-order chi connectivity index (χ1) is 14.9. The molecule has 2 aromatic carbocycles. The number of aromatic nitrogens is 1. The van der Waals surface area contributed by atoms with E-state index in [1.807, 2.05) is 18.2 Å². The highest BCUT2D eigenvalue weighted by atomic mass is 32.2. The fraction of sp³-hybridized carbons (Fsp3) is 0.304. The van der Waals surface area contributed by atoms with Crippen molar-refractivity contribution in [3.63, 3.8) is 0 Å². The van der Waals surface area contributed by atoms with E-state index in [4.69, 9.17) is 0 Å². The Labute approximate surface area is 180 Å². The Morgan fingerprint density at radius 1 is 0.968 bits per heavy atom. The average molecular weight is 438 g/mol. The minimum Gasteiger partial charge on any atom is -0.465 e. The van der Waals surface area contributed by atoms with E-state index in [1.54, 1.807) is 36.4 Å². The van der Waals surface area contributed by atoms with Gasteiger partial charge in [-0.2, -0.15) is 0 Å². The lowest BCUT2D eigenvalue weighted by Gasteiger charge is -2.32. The standard InChI is InChI=1S/C23H23N3O4S/c27-23(28)25-10-9-17-13-26(15-18(17)14-25)21-8-4-5-16-11-20(12-24-22(16)21)31(29,30)19-6-2-1-3-7-19/h1-8,11-12,17-18H,9-10,13-15H2,(H,27,28). The molecule has 3 aromatic rings. The Kier molecular flexibility index (Phi) is 4.81. The fourth-order valence-electron chi connectivity index (χ4n) is 4.80. The monoisotopic (exact) mass is 437 g/mol. The number of rotatable bonds is 3. The van der Waals surface area contributed by atoms with Gasteiger partial charge in [-0.3, -0.25) is 4.98 Å². The van der Waals surface area contributed by atoms with Crippen molar-refractivity contribution in [2.75, 3.05) is 31.1 Å². The number of benzene rings is 2. The van der Waals surface area contributed by atoms with Crippen LogP contribution in [0.15, 0.2) is 70.6 Å². The van der Waals surface area contributed by atoms with Crippen molar-refractivity contribution < 1.29 is 18.3 Å². The number of pyridine rings is 1. The van der Waals surface area contributed by atoms with Crippen molar-refractivity contribution in [3.8, 4) is 0 Å². The molecule has 0 radical (unpaired) electrons. The molecule has 3 heterocycles. The van der Waals surface area contributed by atoms with Gasteiger partial charge in [0.15, 0.2) is 0 Å². The van der Waals surface area contributed by atoms with Gasteiger partial charge in [0.1, 0.15) is 0 Å². The van der Waals surface area contributed by atoms with Crippen LogP contribution in [-0.4, -0.2) is 55.7 Å². The van der Waals surface area contributed by atoms with Crippen molar-refractivity contribution in [2.24, 2.45) is 11.8 Å². The predicted octanol–water partition coefficient (Wildman–Crippen LogP) is 3.50. The zero-order valence-electron chi connectivity index (χ0n) is 16.9. The maximum atomic E-state index is 13.0. The molecule has 5 rings (SSSR count). The summed E-state index contributed by atoms with van der Waals surface area (Å²) in [4.78, 5) is 20.1. The van der Waals surface area contributed by atoms with E-state index in [2.05, 4.69) is 9.88 Å². The Balaban J connectivity index is 1.46. The molecule has 1 N–H and O–H groups in total. The van der Waals surface area contributed by atoms with E-state index < -0.39 is 15.9 Å². The van der Waals surface area contributed by atoms with Gasteiger partial charge in [0.2, 0.25) is 9.84 Å². The summed E-state index contributed by atoms with van der Waals surface area (Å²) >= 11 is 0. The first-order valence-corrected chi connectivity index (χ1v) is 11.8. The first-order valence-electron chi connectivity index (χ1n) is 10.4. The number of para-hydroxylation sites is 1. The van der Waals surface area contributed by atoms with Gasteiger partial charge in [-0.05, 0) is 42.5 Å². The van der Waals surface area contributed by atoms with Gasteiger partial charge in [0, 0.05) is 37.8 Å². The van der Waals surface area contributed by atoms with Gasteiger partial charge in [0.25, 0.3) is 0 Å². The third kappa shape index (κ3) is 3.50. The van der Waals surface area contributed by atoms with Crippen molar-refractivity contribution in [3.05, 3.63) is 60.8 Å². The number of carbonyl (C=O) groups is 1. The van der Waals surface area contributed by atoms with Gasteiger partial charge >= 0.3 is 6.09 Å². The second-order valence-corrected chi connectivity index (χ2v) is 10.2. The summed E-state index contributed by atoms with van der Waals surface area (Å²) in [5.74, 6) is 0.765. The van der Waals surface area contributed by atoms with Crippen molar-refractivity contribution in [1.29, 1.82) is 0 Å². The van der Waals surface area contributed by atoms with Crippen LogP contribution in [0.3, 0.4) is 0 Å². The molecule has 0 saturated carbocycles. The van der Waals surface area contributed by atoms with E-state index in [1.165, 1.54) is 11.1 Å². The van der Waals surface area contributed by atoms with Gasteiger partial charge in [-0.1, -0.05) is 30.3 Å². The predicted molar refractivity (Wildman–Crippen MR) is 117 cm³/mol. The Hall–Kier alpha value is -3.13. The van der Waals surface area contributed by atoms with Crippen molar-refractivity contribution in [1.82, 2.24) is 9.88 Å². The summed E-state index contributed by atoms with van der Waals surface area (Å²) in [6.07, 6.45) is 1.45. The first kappa shape index (κ1) is 19.8. The van der Waals surface area contributed by atoms with E-state index in [-0.39, 0.29) is 9.79 Å². The van der Waals surface area contributed by atoms with Crippen LogP contribution in [0.1, 0.15) is 6.42 Å². The second kappa shape index (κ2) is 7.53. The molecule has 2 aliphatic heterocycles. The number of hydrogen-bond acceptors (Lipinski definition) is 5. The number of likely N-dealkylation sites (tertiary alicyclic amines) is 1. The van der Waals surface area contributed by atoms with Crippen LogP contribution in [0.2, 0.25) is 0 Å². The molecule has 2 aliphatic rings. The van der Waals surface area contributed by atoms with Gasteiger partial charge in [-0.15, -0.1) is 0 Å². The lowest BCUT2D eigenvalue weighted by molar-refractivity contribution is 0.110. The molecule has 31 heavy (non-hydrogen) atoms. The van der Waals surface area contributed by atoms with Crippen LogP contribution < -0.4 is 4.90 Å². The topological polar surface area (TPSA) is 90.8 Å². The molecule has 160 valence electrons. The second-order valence-electron chi connectivity index (χ2n) is 8.28. The van der Waals surface area contributed by atoms with Gasteiger partial charge < -0.3 is 14.9 Å². The maximum Gasteiger partial charge on any atom is 0.407 e. The largest absolute Gasteiger partial charge is 0.465 e. The molecule has 7 nitrogen and oxygen atoms in total. The van der Waals surface area contributed by atoms with Crippen LogP contribution in [0, 0.1) is 11.8 Å². The molecular formula is C23H23N3O4S. The maximum absolute atomic E-state index is 13.0. The lowest BCUT2D eigenvalue weighted by Crippen LogP contribution is -2.42. The number of fused-ring (bicyclic) bond motifs is 2. The smallest absolute Gasteiger partial charge is 0.407 e. The molecule has 2 fully saturated rings. The lowest BCUT2D eigenvalue weighted by atomic mass is 9.89. The molecule has 0 bridgehead atoms. The molecule has 2 saturated heterocycles. The number of amides is 1. The third-order valence-electron chi connectivity index (χ3n) is 6.44. The third-order valence-corrected chi connectivity index (χ3v) is 8.18. The number of anilines is 1. The summed E-state index contributed by atoms with van der Waals surface area (Å²) in [6, 6.07) is 15.9. The van der Waals surface area contributed by atoms with E-state index in [0.717, 1.165) is 36.1 Å². The summed E-state index contributed by atoms with van der Waals surface area (Å²) in [6.45, 7) is 2.79. The summed E-state index contributed by atoms with van der Waals surface area (Å²) in [7, 11) is -3.63. The Bertz CT molecular complexity index is 1250. The quantitative estimate of drug-likeness (QED) is 0.674. The Morgan fingerprint density at radius 2 is 1.74 bits per heavy atom. The van der Waals surface area contributed by atoms with E-state index in [9.17, 15) is 18.3 Å². The molecule has 8 heteroatoms. The van der Waals surface area contributed by atoms with Gasteiger partial charge in [0.05, 0.1) is 21.0 Å². The summed E-state index contributed by atoms with van der Waals surface area (Å²) < 4.78 is 25.9. The number of piperidine rings is 1. The van der Waals surface area contributed by atoms with Crippen LogP contribution in [0.5, 0.6) is 0 Å². The highest BCUT2D eigenvalue weighted by molar-refractivity contribution is 7.91. The molecule has 1 amide bonds. The van der Waals surface area contributed by atoms with Crippen LogP contribution in [0.25, 0.3) is 10.9 Å². The minimum absolute atomic E-state index is 0.176. The zero-order chi connectivity index (χ0) is 21.6. The van der Waals surface area contributed by atoms with Crippen molar-refractivity contribution in [2.45, 2.75) is 16.2 Å². The van der Waals surface area contributed by atoms with Crippen LogP contribution >= 0.6 is 0 Å².